The Hall–Kier alpha value is -0.540. The first-order valence-corrected chi connectivity index (χ1v) is 5.80. The smallest absolute Gasteiger partial charge is 0.146 e. The van der Waals surface area contributed by atoms with Gasteiger partial charge in [0.25, 0.3) is 0 Å². The summed E-state index contributed by atoms with van der Waals surface area (Å²) in [5.41, 5.74) is 0.146. The van der Waals surface area contributed by atoms with Crippen molar-refractivity contribution in [2.45, 2.75) is 64.0 Å². The van der Waals surface area contributed by atoms with Gasteiger partial charge in [0.1, 0.15) is 12.3 Å². The third-order valence-corrected chi connectivity index (χ3v) is 3.01. The Morgan fingerprint density at radius 3 is 2.80 bits per heavy atom. The highest BCUT2D eigenvalue weighted by molar-refractivity contribution is 4.92. The molecule has 0 aromatic carbocycles. The van der Waals surface area contributed by atoms with Crippen LogP contribution in [0.4, 0.5) is 0 Å². The Balaban J connectivity index is 1.99. The lowest BCUT2D eigenvalue weighted by Crippen LogP contribution is -2.59. The predicted octanol–water partition coefficient (Wildman–Crippen LogP) is 2.18. The number of ether oxygens (including phenoxy) is 2. The molecule has 0 bridgehead atoms. The maximum atomic E-state index is 5.89. The van der Waals surface area contributed by atoms with Gasteiger partial charge in [-0.3, -0.25) is 5.32 Å². The number of rotatable bonds is 1. The Bertz CT molecular complexity index is 250. The van der Waals surface area contributed by atoms with E-state index >= 15 is 0 Å². The highest BCUT2D eigenvalue weighted by atomic mass is 16.6. The van der Waals surface area contributed by atoms with Crippen LogP contribution in [0.3, 0.4) is 0 Å². The van der Waals surface area contributed by atoms with E-state index < -0.39 is 0 Å². The second-order valence-corrected chi connectivity index (χ2v) is 5.22. The van der Waals surface area contributed by atoms with Crippen molar-refractivity contribution in [2.24, 2.45) is 0 Å². The van der Waals surface area contributed by atoms with Gasteiger partial charge in [-0.1, -0.05) is 0 Å². The first kappa shape index (κ1) is 11.0. The van der Waals surface area contributed by atoms with Crippen molar-refractivity contribution in [1.29, 1.82) is 0 Å². The summed E-state index contributed by atoms with van der Waals surface area (Å²) in [4.78, 5) is 0. The topological polar surface area (TPSA) is 30.5 Å². The van der Waals surface area contributed by atoms with Crippen molar-refractivity contribution < 1.29 is 9.47 Å². The Morgan fingerprint density at radius 1 is 1.40 bits per heavy atom. The SMILES string of the molecule is C[C@H]1CC(C)(C)N[C@@H]([C@@H]2CCC=CO2)O1. The Morgan fingerprint density at radius 2 is 2.20 bits per heavy atom. The van der Waals surface area contributed by atoms with Crippen LogP contribution in [-0.4, -0.2) is 24.0 Å². The highest BCUT2D eigenvalue weighted by Crippen LogP contribution is 2.26. The van der Waals surface area contributed by atoms with Gasteiger partial charge in [0.15, 0.2) is 0 Å². The predicted molar refractivity (Wildman–Crippen MR) is 59.4 cm³/mol. The molecule has 0 amide bonds. The van der Waals surface area contributed by atoms with Gasteiger partial charge in [-0.15, -0.1) is 0 Å². The minimum atomic E-state index is 0.0358. The van der Waals surface area contributed by atoms with Crippen molar-refractivity contribution in [2.75, 3.05) is 0 Å². The van der Waals surface area contributed by atoms with E-state index in [0.29, 0.717) is 6.10 Å². The number of hydrogen-bond donors (Lipinski definition) is 1. The maximum absolute atomic E-state index is 5.89. The second kappa shape index (κ2) is 4.14. The van der Waals surface area contributed by atoms with Gasteiger partial charge in [0, 0.05) is 5.54 Å². The summed E-state index contributed by atoms with van der Waals surface area (Å²) in [6, 6.07) is 0. The molecule has 1 saturated heterocycles. The fraction of sp³-hybridized carbons (Fsp3) is 0.833. The van der Waals surface area contributed by atoms with Crippen LogP contribution in [-0.2, 0) is 9.47 Å². The zero-order valence-electron chi connectivity index (χ0n) is 9.82. The van der Waals surface area contributed by atoms with E-state index in [-0.39, 0.29) is 17.9 Å². The van der Waals surface area contributed by atoms with Crippen molar-refractivity contribution in [3.63, 3.8) is 0 Å². The van der Waals surface area contributed by atoms with Crippen LogP contribution in [0.5, 0.6) is 0 Å². The fourth-order valence-corrected chi connectivity index (χ4v) is 2.45. The van der Waals surface area contributed by atoms with Crippen LogP contribution in [0.15, 0.2) is 12.3 Å². The van der Waals surface area contributed by atoms with E-state index in [1.54, 1.807) is 6.26 Å². The molecule has 3 heteroatoms. The lowest BCUT2D eigenvalue weighted by Gasteiger charge is -2.43. The van der Waals surface area contributed by atoms with Crippen molar-refractivity contribution >= 4 is 0 Å². The standard InChI is InChI=1S/C12H21NO2/c1-9-8-12(2,3)13-11(15-9)10-6-4-5-7-14-10/h5,7,9-11,13H,4,6,8H2,1-3H3/t9-,10-,11+/m0/s1. The molecule has 2 rings (SSSR count). The minimum absolute atomic E-state index is 0.0358. The summed E-state index contributed by atoms with van der Waals surface area (Å²) in [5, 5.41) is 3.51. The molecule has 1 fully saturated rings. The van der Waals surface area contributed by atoms with Crippen LogP contribution in [0.1, 0.15) is 40.0 Å². The summed E-state index contributed by atoms with van der Waals surface area (Å²) in [5.74, 6) is 0. The molecule has 3 nitrogen and oxygen atoms in total. The third-order valence-electron chi connectivity index (χ3n) is 3.01. The third kappa shape index (κ3) is 2.73. The van der Waals surface area contributed by atoms with E-state index in [1.807, 2.05) is 0 Å². The normalized spacial score (nSPS) is 39.8. The second-order valence-electron chi connectivity index (χ2n) is 5.22. The average molecular weight is 211 g/mol. The molecule has 0 aromatic heterocycles. The average Bonchev–Trinajstić information content (AvgIpc) is 2.16. The van der Waals surface area contributed by atoms with E-state index in [1.165, 1.54) is 0 Å². The van der Waals surface area contributed by atoms with Gasteiger partial charge < -0.3 is 9.47 Å². The number of allylic oxidation sites excluding steroid dienone is 1. The lowest BCUT2D eigenvalue weighted by molar-refractivity contribution is -0.142. The molecular weight excluding hydrogens is 190 g/mol. The summed E-state index contributed by atoms with van der Waals surface area (Å²) < 4.78 is 11.5. The molecule has 0 aromatic rings. The largest absolute Gasteiger partial charge is 0.494 e. The monoisotopic (exact) mass is 211 g/mol. The minimum Gasteiger partial charge on any atom is -0.494 e. The van der Waals surface area contributed by atoms with Crippen molar-refractivity contribution in [1.82, 2.24) is 5.32 Å². The van der Waals surface area contributed by atoms with Gasteiger partial charge >= 0.3 is 0 Å². The molecule has 3 atom stereocenters. The first-order chi connectivity index (χ1) is 7.07. The summed E-state index contributed by atoms with van der Waals surface area (Å²) in [6.45, 7) is 6.57. The quantitative estimate of drug-likeness (QED) is 0.721. The zero-order chi connectivity index (χ0) is 10.9. The summed E-state index contributed by atoms with van der Waals surface area (Å²) in [7, 11) is 0. The zero-order valence-corrected chi connectivity index (χ0v) is 9.82. The van der Waals surface area contributed by atoms with Gasteiger partial charge in [-0.25, -0.2) is 0 Å². The molecule has 86 valence electrons. The van der Waals surface area contributed by atoms with Gasteiger partial charge in [0.2, 0.25) is 0 Å². The van der Waals surface area contributed by atoms with Crippen LogP contribution in [0.2, 0.25) is 0 Å². The molecule has 2 aliphatic heterocycles. The summed E-state index contributed by atoms with van der Waals surface area (Å²) >= 11 is 0. The molecule has 0 spiro atoms. The maximum Gasteiger partial charge on any atom is 0.146 e. The Kier molecular flexibility index (Phi) is 3.03. The molecule has 1 N–H and O–H groups in total. The molecule has 2 heterocycles. The van der Waals surface area contributed by atoms with Crippen LogP contribution in [0.25, 0.3) is 0 Å². The molecule has 0 saturated carbocycles. The lowest BCUT2D eigenvalue weighted by atomic mass is 9.94. The molecule has 0 unspecified atom stereocenters. The van der Waals surface area contributed by atoms with E-state index in [2.05, 4.69) is 32.2 Å². The van der Waals surface area contributed by atoms with E-state index in [0.717, 1.165) is 19.3 Å². The van der Waals surface area contributed by atoms with E-state index in [4.69, 9.17) is 9.47 Å². The van der Waals surface area contributed by atoms with Crippen LogP contribution >= 0.6 is 0 Å². The number of hydrogen-bond acceptors (Lipinski definition) is 3. The van der Waals surface area contributed by atoms with Crippen LogP contribution < -0.4 is 5.32 Å². The molecule has 15 heavy (non-hydrogen) atoms. The Labute approximate surface area is 91.8 Å². The molecular formula is C12H21NO2. The van der Waals surface area contributed by atoms with Crippen molar-refractivity contribution in [3.05, 3.63) is 12.3 Å². The van der Waals surface area contributed by atoms with Crippen molar-refractivity contribution in [3.8, 4) is 0 Å². The summed E-state index contributed by atoms with van der Waals surface area (Å²) in [6.07, 6.45) is 7.54. The van der Waals surface area contributed by atoms with Crippen LogP contribution in [0, 0.1) is 0 Å². The fourth-order valence-electron chi connectivity index (χ4n) is 2.45. The highest BCUT2D eigenvalue weighted by Gasteiger charge is 2.36. The molecule has 0 aliphatic carbocycles. The first-order valence-electron chi connectivity index (χ1n) is 5.80. The van der Waals surface area contributed by atoms with E-state index in [9.17, 15) is 0 Å². The van der Waals surface area contributed by atoms with Gasteiger partial charge in [-0.05, 0) is 46.1 Å². The number of nitrogens with one attached hydrogen (secondary N) is 1. The molecule has 2 aliphatic rings. The molecule has 0 radical (unpaired) electrons. The van der Waals surface area contributed by atoms with Gasteiger partial charge in [-0.2, -0.15) is 0 Å². The van der Waals surface area contributed by atoms with Gasteiger partial charge in [0.05, 0.1) is 12.4 Å².